The summed E-state index contributed by atoms with van der Waals surface area (Å²) in [4.78, 5) is 0. The SMILES string of the molecule is CCC[O][Zr]([CH3])([O]C)([O]C)([O]C)[O]C. The van der Waals surface area contributed by atoms with Crippen LogP contribution in [0.2, 0.25) is 4.63 Å². The molecule has 0 fully saturated rings. The first-order valence-corrected chi connectivity index (χ1v) is 12.1. The van der Waals surface area contributed by atoms with Crippen LogP contribution in [0.3, 0.4) is 0 Å². The molecule has 0 aliphatic carbocycles. The van der Waals surface area contributed by atoms with Crippen molar-refractivity contribution in [3.05, 3.63) is 0 Å². The van der Waals surface area contributed by atoms with Crippen molar-refractivity contribution in [1.82, 2.24) is 0 Å². The second kappa shape index (κ2) is 4.28. The van der Waals surface area contributed by atoms with Crippen molar-refractivity contribution in [2.75, 3.05) is 35.0 Å². The van der Waals surface area contributed by atoms with E-state index in [-0.39, 0.29) is 0 Å². The molecule has 0 aliphatic heterocycles. The minimum atomic E-state index is -5.24. The first kappa shape index (κ1) is 14.7. The molecule has 0 atom stereocenters. The monoisotopic (exact) mass is 288 g/mol. The molecule has 5 nitrogen and oxygen atoms in total. The normalized spacial score (nSPS) is 17.6. The molecule has 0 saturated heterocycles. The van der Waals surface area contributed by atoms with Crippen LogP contribution in [0, 0.1) is 0 Å². The van der Waals surface area contributed by atoms with Gasteiger partial charge in [-0.3, -0.25) is 0 Å². The van der Waals surface area contributed by atoms with Gasteiger partial charge in [-0.2, -0.15) is 0 Å². The van der Waals surface area contributed by atoms with E-state index in [1.807, 2.05) is 6.92 Å². The van der Waals surface area contributed by atoms with Crippen LogP contribution in [0.5, 0.6) is 0 Å². The quantitative estimate of drug-likeness (QED) is 0.716. The van der Waals surface area contributed by atoms with Crippen LogP contribution in [0.25, 0.3) is 0 Å². The van der Waals surface area contributed by atoms with Gasteiger partial charge in [0.05, 0.1) is 0 Å². The molecule has 0 aromatic heterocycles. The first-order valence-electron chi connectivity index (χ1n) is 4.65. The van der Waals surface area contributed by atoms with Gasteiger partial charge < -0.3 is 0 Å². The molecule has 88 valence electrons. The fourth-order valence-corrected chi connectivity index (χ4v) is 6.55. The van der Waals surface area contributed by atoms with Gasteiger partial charge in [-0.05, 0) is 0 Å². The fourth-order valence-electron chi connectivity index (χ4n) is 1.11. The van der Waals surface area contributed by atoms with Crippen molar-refractivity contribution in [3.8, 4) is 0 Å². The van der Waals surface area contributed by atoms with E-state index in [2.05, 4.69) is 0 Å². The second-order valence-electron chi connectivity index (χ2n) is 3.52. The third-order valence-electron chi connectivity index (χ3n) is 2.84. The van der Waals surface area contributed by atoms with E-state index in [4.69, 9.17) is 14.1 Å². The molecular formula is C8H22O5Zr. The summed E-state index contributed by atoms with van der Waals surface area (Å²) in [5.41, 5.74) is 0. The summed E-state index contributed by atoms with van der Waals surface area (Å²) in [6.45, 7) is 2.46. The summed E-state index contributed by atoms with van der Waals surface area (Å²) in [7, 11) is 5.90. The molecule has 14 heavy (non-hydrogen) atoms. The van der Waals surface area contributed by atoms with Crippen LogP contribution in [0.1, 0.15) is 13.3 Å². The summed E-state index contributed by atoms with van der Waals surface area (Å²) in [6.07, 6.45) is 0.834. The summed E-state index contributed by atoms with van der Waals surface area (Å²) in [6, 6.07) is 0. The van der Waals surface area contributed by atoms with Gasteiger partial charge in [0.15, 0.2) is 0 Å². The Morgan fingerprint density at radius 2 is 1.21 bits per heavy atom. The van der Waals surface area contributed by atoms with Gasteiger partial charge in [0.2, 0.25) is 0 Å². The average Bonchev–Trinajstić information content (AvgIpc) is 2.28. The van der Waals surface area contributed by atoms with Crippen LogP contribution in [0.4, 0.5) is 0 Å². The summed E-state index contributed by atoms with van der Waals surface area (Å²) >= 11 is -5.24. The summed E-state index contributed by atoms with van der Waals surface area (Å²) in [5, 5.41) is 0. The fraction of sp³-hybridized carbons (Fsp3) is 1.00. The Labute approximate surface area is 86.6 Å². The van der Waals surface area contributed by atoms with E-state index >= 15 is 0 Å². The van der Waals surface area contributed by atoms with Crippen LogP contribution < -0.4 is 0 Å². The van der Waals surface area contributed by atoms with Crippen molar-refractivity contribution >= 4 is 0 Å². The Balaban J connectivity index is 5.15. The molecule has 0 aromatic rings. The third kappa shape index (κ3) is 2.26. The predicted octanol–water partition coefficient (Wildman–Crippen LogP) is 1.85. The topological polar surface area (TPSA) is 46.2 Å². The van der Waals surface area contributed by atoms with Crippen molar-refractivity contribution in [2.24, 2.45) is 0 Å². The molecule has 0 rings (SSSR count). The number of rotatable bonds is 7. The summed E-state index contributed by atoms with van der Waals surface area (Å²) in [5.74, 6) is 0. The molecule has 0 spiro atoms. The maximum absolute atomic E-state index is 5.66. The van der Waals surface area contributed by atoms with E-state index in [0.717, 1.165) is 6.42 Å². The van der Waals surface area contributed by atoms with Gasteiger partial charge >= 0.3 is 86.6 Å². The van der Waals surface area contributed by atoms with Gasteiger partial charge in [-0.1, -0.05) is 0 Å². The Morgan fingerprint density at radius 1 is 0.857 bits per heavy atom. The number of hydrogen-bond donors (Lipinski definition) is 0. The molecule has 0 heterocycles. The zero-order chi connectivity index (χ0) is 11.4. The van der Waals surface area contributed by atoms with E-state index in [1.165, 1.54) is 28.4 Å². The van der Waals surface area contributed by atoms with Gasteiger partial charge in [-0.15, -0.1) is 0 Å². The van der Waals surface area contributed by atoms with Gasteiger partial charge in [0.25, 0.3) is 0 Å². The zero-order valence-corrected chi connectivity index (χ0v) is 12.4. The van der Waals surface area contributed by atoms with Gasteiger partial charge in [0.1, 0.15) is 0 Å². The van der Waals surface area contributed by atoms with E-state index in [0.29, 0.717) is 6.61 Å². The van der Waals surface area contributed by atoms with Crippen molar-refractivity contribution in [1.29, 1.82) is 0 Å². The zero-order valence-electron chi connectivity index (χ0n) is 9.96. The van der Waals surface area contributed by atoms with Crippen LogP contribution in [0.15, 0.2) is 0 Å². The first-order chi connectivity index (χ1) is 6.39. The molecule has 6 heteroatoms. The predicted molar refractivity (Wildman–Crippen MR) is 50.1 cm³/mol. The standard InChI is InChI=1S/C3H7O.4CH3O.CH3.Zr/c1-2-3-4;4*1-2;;/h2-3H2,1H3;4*1H3;1H3;/q5*-1;;+5. The Hall–Kier alpha value is 0.683. The van der Waals surface area contributed by atoms with Crippen molar-refractivity contribution in [3.63, 3.8) is 0 Å². The maximum atomic E-state index is 5.66. The molecular weight excluding hydrogens is 267 g/mol. The van der Waals surface area contributed by atoms with Gasteiger partial charge in [0, 0.05) is 0 Å². The van der Waals surface area contributed by atoms with Crippen LogP contribution in [-0.4, -0.2) is 35.0 Å². The Morgan fingerprint density at radius 3 is 1.43 bits per heavy atom. The molecule has 0 amide bonds. The van der Waals surface area contributed by atoms with E-state index in [1.54, 1.807) is 4.63 Å². The third-order valence-corrected chi connectivity index (χ3v) is 15.8. The average molecular weight is 289 g/mol. The number of hydrogen-bond acceptors (Lipinski definition) is 5. The van der Waals surface area contributed by atoms with Crippen LogP contribution >= 0.6 is 0 Å². The van der Waals surface area contributed by atoms with Crippen LogP contribution in [-0.2, 0) is 33.6 Å². The molecule has 0 bridgehead atoms. The molecule has 0 unspecified atom stereocenters. The van der Waals surface area contributed by atoms with Gasteiger partial charge in [-0.25, -0.2) is 0 Å². The van der Waals surface area contributed by atoms with Crippen molar-refractivity contribution < 1.29 is 33.6 Å². The molecule has 0 aliphatic rings. The van der Waals surface area contributed by atoms with E-state index < -0.39 is 19.5 Å². The summed E-state index contributed by atoms with van der Waals surface area (Å²) < 4.78 is 28.8. The van der Waals surface area contributed by atoms with E-state index in [9.17, 15) is 0 Å². The molecule has 0 saturated carbocycles. The Kier molecular flexibility index (Phi) is 4.49. The minimum absolute atomic E-state index is 0.469. The molecule has 0 N–H and O–H groups in total. The molecule has 0 radical (unpaired) electrons. The Bertz CT molecular complexity index is 174. The second-order valence-corrected chi connectivity index (χ2v) is 17.4. The van der Waals surface area contributed by atoms with Crippen molar-refractivity contribution in [2.45, 2.75) is 18.0 Å². The molecule has 0 aromatic carbocycles.